The van der Waals surface area contributed by atoms with E-state index < -0.39 is 32.8 Å². The van der Waals surface area contributed by atoms with Gasteiger partial charge in [0.25, 0.3) is 5.91 Å². The summed E-state index contributed by atoms with van der Waals surface area (Å²) in [5.74, 6) is -1.17. The van der Waals surface area contributed by atoms with E-state index in [2.05, 4.69) is 27.9 Å². The summed E-state index contributed by atoms with van der Waals surface area (Å²) in [5, 5.41) is 3.61. The first kappa shape index (κ1) is 30.6. The van der Waals surface area contributed by atoms with Crippen molar-refractivity contribution in [1.29, 1.82) is 0 Å². The van der Waals surface area contributed by atoms with Crippen molar-refractivity contribution in [2.24, 2.45) is 0 Å². The van der Waals surface area contributed by atoms with Gasteiger partial charge in [0.1, 0.15) is 5.75 Å². The number of carbonyl (C=O) groups excluding carboxylic acids is 1. The molecular weight excluding hydrogens is 531 g/mol. The fraction of sp³-hybridized carbons (Fsp3) is 0.464. The Balaban J connectivity index is 2.21. The molecular formula is C28H36F3N3O4S. The fourth-order valence-corrected chi connectivity index (χ4v) is 5.63. The molecule has 0 spiro atoms. The highest BCUT2D eigenvalue weighted by molar-refractivity contribution is 7.88. The van der Waals surface area contributed by atoms with Crippen molar-refractivity contribution < 1.29 is 30.6 Å². The normalized spacial score (nSPS) is 21.3. The van der Waals surface area contributed by atoms with E-state index in [-0.39, 0.29) is 11.9 Å². The van der Waals surface area contributed by atoms with Gasteiger partial charge >= 0.3 is 15.6 Å². The van der Waals surface area contributed by atoms with Crippen LogP contribution in [0.25, 0.3) is 0 Å². The predicted molar refractivity (Wildman–Crippen MR) is 145 cm³/mol. The SMILES string of the molecule is C=CCN1C[C@](C)([C@H](c2cccc(OS(=O)(=O)C(F)(F)F)c2)c2ccccc2C(=O)N(CC)CC)NC[C@H]1C. The van der Waals surface area contributed by atoms with Crippen molar-refractivity contribution in [3.05, 3.63) is 77.9 Å². The number of hydrogen-bond acceptors (Lipinski definition) is 6. The predicted octanol–water partition coefficient (Wildman–Crippen LogP) is 4.77. The van der Waals surface area contributed by atoms with Crippen LogP contribution in [-0.2, 0) is 10.1 Å². The molecule has 0 bridgehead atoms. The van der Waals surface area contributed by atoms with E-state index in [0.717, 1.165) is 0 Å². The number of amides is 1. The Hall–Kier alpha value is -2.89. The average Bonchev–Trinajstić information content (AvgIpc) is 2.87. The Morgan fingerprint density at radius 3 is 2.51 bits per heavy atom. The summed E-state index contributed by atoms with van der Waals surface area (Å²) in [4.78, 5) is 17.5. The van der Waals surface area contributed by atoms with Crippen molar-refractivity contribution in [2.75, 3.05) is 32.7 Å². The molecule has 1 amide bonds. The van der Waals surface area contributed by atoms with Crippen LogP contribution in [0.15, 0.2) is 61.2 Å². The second-order valence-corrected chi connectivity index (χ2v) is 11.5. The Kier molecular flexibility index (Phi) is 9.51. The van der Waals surface area contributed by atoms with Crippen LogP contribution in [0.2, 0.25) is 0 Å². The highest BCUT2D eigenvalue weighted by atomic mass is 32.2. The number of nitrogens with one attached hydrogen (secondary N) is 1. The standard InChI is InChI=1S/C28H36F3N3O4S/c1-6-16-34-19-27(5,32-18-20(34)4)25(23-14-9-10-15-24(23)26(35)33(7-2)8-3)21-12-11-13-22(17-21)38-39(36,37)28(29,30)31/h6,9-15,17,20,25,32H,1,7-8,16,18-19H2,2-5H3/t20-,25-,27-/m1/s1. The summed E-state index contributed by atoms with van der Waals surface area (Å²) in [6.07, 6.45) is 1.81. The lowest BCUT2D eigenvalue weighted by atomic mass is 9.73. The van der Waals surface area contributed by atoms with Crippen molar-refractivity contribution >= 4 is 16.0 Å². The second kappa shape index (κ2) is 12.1. The van der Waals surface area contributed by atoms with Crippen molar-refractivity contribution in [2.45, 2.75) is 50.7 Å². The lowest BCUT2D eigenvalue weighted by Gasteiger charge is -2.49. The number of rotatable bonds is 10. The maximum Gasteiger partial charge on any atom is 0.534 e. The molecule has 0 saturated carbocycles. The Morgan fingerprint density at radius 2 is 1.90 bits per heavy atom. The van der Waals surface area contributed by atoms with Crippen molar-refractivity contribution in [3.63, 3.8) is 0 Å². The molecule has 1 saturated heterocycles. The summed E-state index contributed by atoms with van der Waals surface area (Å²) in [5.41, 5.74) is -4.61. The lowest BCUT2D eigenvalue weighted by molar-refractivity contribution is -0.0500. The van der Waals surface area contributed by atoms with Crippen LogP contribution in [0, 0.1) is 0 Å². The Bertz CT molecular complexity index is 1280. The van der Waals surface area contributed by atoms with Gasteiger partial charge in [0.2, 0.25) is 0 Å². The molecule has 214 valence electrons. The number of nitrogens with zero attached hydrogens (tertiary/aromatic N) is 2. The van der Waals surface area contributed by atoms with E-state index in [1.807, 2.05) is 39.0 Å². The summed E-state index contributed by atoms with van der Waals surface area (Å²) in [7, 11) is -5.86. The lowest BCUT2D eigenvalue weighted by Crippen LogP contribution is -2.64. The van der Waals surface area contributed by atoms with Crippen molar-refractivity contribution in [3.8, 4) is 5.75 Å². The van der Waals surface area contributed by atoms with Crippen LogP contribution < -0.4 is 9.50 Å². The van der Waals surface area contributed by atoms with E-state index in [1.165, 1.54) is 18.2 Å². The van der Waals surface area contributed by atoms with E-state index in [0.29, 0.717) is 49.4 Å². The van der Waals surface area contributed by atoms with Gasteiger partial charge in [-0.3, -0.25) is 9.69 Å². The molecule has 7 nitrogen and oxygen atoms in total. The highest BCUT2D eigenvalue weighted by Crippen LogP contribution is 2.41. The molecule has 11 heteroatoms. The number of hydrogen-bond donors (Lipinski definition) is 1. The van der Waals surface area contributed by atoms with Crippen molar-refractivity contribution in [1.82, 2.24) is 15.1 Å². The minimum absolute atomic E-state index is 0.164. The molecule has 1 heterocycles. The molecule has 0 aliphatic carbocycles. The first-order valence-corrected chi connectivity index (χ1v) is 14.3. The van der Waals surface area contributed by atoms with Crippen LogP contribution >= 0.6 is 0 Å². The molecule has 0 unspecified atom stereocenters. The summed E-state index contributed by atoms with van der Waals surface area (Å²) in [6.45, 7) is 14.5. The van der Waals surface area contributed by atoms with Gasteiger partial charge in [-0.25, -0.2) is 0 Å². The maximum absolute atomic E-state index is 13.6. The molecule has 0 aromatic heterocycles. The van der Waals surface area contributed by atoms with Gasteiger partial charge < -0.3 is 14.4 Å². The first-order chi connectivity index (χ1) is 18.3. The zero-order valence-electron chi connectivity index (χ0n) is 22.7. The van der Waals surface area contributed by atoms with E-state index in [1.54, 1.807) is 23.1 Å². The van der Waals surface area contributed by atoms with Crippen LogP contribution in [0.1, 0.15) is 55.1 Å². The molecule has 1 N–H and O–H groups in total. The van der Waals surface area contributed by atoms with Gasteiger partial charge in [-0.1, -0.05) is 36.4 Å². The van der Waals surface area contributed by atoms with Gasteiger partial charge in [0.05, 0.1) is 0 Å². The molecule has 3 atom stereocenters. The van der Waals surface area contributed by atoms with Gasteiger partial charge in [0.15, 0.2) is 0 Å². The molecule has 39 heavy (non-hydrogen) atoms. The summed E-state index contributed by atoms with van der Waals surface area (Å²) in [6, 6.07) is 13.0. The second-order valence-electron chi connectivity index (χ2n) is 9.92. The molecule has 2 aromatic carbocycles. The van der Waals surface area contributed by atoms with Gasteiger partial charge in [-0.15, -0.1) is 6.58 Å². The molecule has 1 aliphatic heterocycles. The largest absolute Gasteiger partial charge is 0.534 e. The molecule has 2 aromatic rings. The van der Waals surface area contributed by atoms with E-state index in [9.17, 15) is 26.4 Å². The molecule has 0 radical (unpaired) electrons. The zero-order valence-corrected chi connectivity index (χ0v) is 23.5. The smallest absolute Gasteiger partial charge is 0.376 e. The topological polar surface area (TPSA) is 79.0 Å². The van der Waals surface area contributed by atoms with Gasteiger partial charge in [-0.2, -0.15) is 21.6 Å². The van der Waals surface area contributed by atoms with Crippen LogP contribution in [0.3, 0.4) is 0 Å². The summed E-state index contributed by atoms with van der Waals surface area (Å²) < 4.78 is 67.1. The highest BCUT2D eigenvalue weighted by Gasteiger charge is 2.49. The zero-order chi connectivity index (χ0) is 29.0. The quantitative estimate of drug-likeness (QED) is 0.253. The number of carbonyl (C=O) groups is 1. The average molecular weight is 568 g/mol. The molecule has 3 rings (SSSR count). The van der Waals surface area contributed by atoms with Gasteiger partial charge in [-0.05, 0) is 57.0 Å². The van der Waals surface area contributed by atoms with E-state index >= 15 is 0 Å². The Morgan fingerprint density at radius 1 is 1.23 bits per heavy atom. The number of halogens is 3. The monoisotopic (exact) mass is 567 g/mol. The summed E-state index contributed by atoms with van der Waals surface area (Å²) >= 11 is 0. The fourth-order valence-electron chi connectivity index (χ4n) is 5.18. The van der Waals surface area contributed by atoms with Crippen LogP contribution in [-0.4, -0.2) is 73.9 Å². The van der Waals surface area contributed by atoms with E-state index in [4.69, 9.17) is 0 Å². The number of alkyl halides is 3. The molecule has 1 fully saturated rings. The minimum atomic E-state index is -5.86. The third kappa shape index (κ3) is 6.64. The van der Waals surface area contributed by atoms with Gasteiger partial charge in [0, 0.05) is 55.8 Å². The third-order valence-corrected chi connectivity index (χ3v) is 8.17. The van der Waals surface area contributed by atoms with Crippen LogP contribution in [0.5, 0.6) is 5.75 Å². The number of benzene rings is 2. The Labute approximate surface area is 228 Å². The first-order valence-electron chi connectivity index (χ1n) is 12.9. The van der Waals surface area contributed by atoms with Crippen LogP contribution in [0.4, 0.5) is 13.2 Å². The minimum Gasteiger partial charge on any atom is -0.376 e. The molecule has 1 aliphatic rings. The third-order valence-electron chi connectivity index (χ3n) is 7.19. The number of piperazine rings is 1. The maximum atomic E-state index is 13.6.